The molecule has 242 valence electrons. The van der Waals surface area contributed by atoms with Gasteiger partial charge in [-0.25, -0.2) is 8.42 Å². The molecule has 1 aliphatic carbocycles. The van der Waals surface area contributed by atoms with Crippen LogP contribution in [0.5, 0.6) is 11.5 Å². The van der Waals surface area contributed by atoms with E-state index in [0.717, 1.165) is 47.5 Å². The van der Waals surface area contributed by atoms with Crippen LogP contribution in [0.25, 0.3) is 0 Å². The number of amides is 2. The van der Waals surface area contributed by atoms with Crippen molar-refractivity contribution in [1.82, 2.24) is 10.2 Å². The maximum Gasteiger partial charge on any atom is 0.264 e. The van der Waals surface area contributed by atoms with Gasteiger partial charge in [-0.15, -0.1) is 0 Å². The van der Waals surface area contributed by atoms with Crippen LogP contribution in [0, 0.1) is 6.92 Å². The number of hydrogen-bond donors (Lipinski definition) is 1. The molecule has 2 amide bonds. The summed E-state index contributed by atoms with van der Waals surface area (Å²) in [6, 6.07) is 18.0. The molecule has 3 aromatic carbocycles. The molecule has 0 heterocycles. The third-order valence-electron chi connectivity index (χ3n) is 8.14. The fraction of sp³-hybridized carbons (Fsp3) is 0.412. The Bertz CT molecular complexity index is 1570. The molecule has 0 bridgehead atoms. The average Bonchev–Trinajstić information content (AvgIpc) is 3.04. The van der Waals surface area contributed by atoms with E-state index in [9.17, 15) is 18.0 Å². The topological polar surface area (TPSA) is 105 Å². The van der Waals surface area contributed by atoms with E-state index in [-0.39, 0.29) is 23.4 Å². The minimum atomic E-state index is -4.22. The summed E-state index contributed by atoms with van der Waals surface area (Å²) in [6.07, 6.45) is 5.43. The second kappa shape index (κ2) is 15.6. The molecule has 1 aliphatic rings. The van der Waals surface area contributed by atoms with Crippen molar-refractivity contribution in [2.45, 2.75) is 75.9 Å². The molecule has 1 saturated carbocycles. The van der Waals surface area contributed by atoms with Crippen molar-refractivity contribution in [2.75, 3.05) is 25.1 Å². The number of rotatable bonds is 13. The van der Waals surface area contributed by atoms with Gasteiger partial charge in [0.25, 0.3) is 10.0 Å². The van der Waals surface area contributed by atoms with Crippen LogP contribution in [-0.4, -0.2) is 58.0 Å². The Balaban J connectivity index is 1.73. The molecule has 0 saturated heterocycles. The van der Waals surface area contributed by atoms with E-state index in [1.54, 1.807) is 43.5 Å². The van der Waals surface area contributed by atoms with Gasteiger partial charge in [-0.1, -0.05) is 56.0 Å². The molecule has 9 nitrogen and oxygen atoms in total. The van der Waals surface area contributed by atoms with Crippen LogP contribution in [0.1, 0.15) is 56.6 Å². The lowest BCUT2D eigenvalue weighted by molar-refractivity contribution is -0.140. The number of methoxy groups -OCH3 is 2. The average molecular weight is 701 g/mol. The quantitative estimate of drug-likeness (QED) is 0.227. The zero-order chi connectivity index (χ0) is 32.6. The Labute approximate surface area is 275 Å². The summed E-state index contributed by atoms with van der Waals surface area (Å²) in [5, 5.41) is 3.17. The number of nitrogens with zero attached hydrogens (tertiary/aromatic N) is 2. The SMILES string of the molecule is CC[C@H](C(=O)NC1CCCCC1)N(Cc1cccc(OC)c1)C(=O)CN(c1ccc(C)cc1)S(=O)(=O)c1ccc(OC)c(Br)c1. The number of anilines is 1. The first-order chi connectivity index (χ1) is 21.6. The number of hydrogen-bond acceptors (Lipinski definition) is 6. The van der Waals surface area contributed by atoms with Crippen LogP contribution in [0.2, 0.25) is 0 Å². The van der Waals surface area contributed by atoms with E-state index in [1.165, 1.54) is 24.1 Å². The summed E-state index contributed by atoms with van der Waals surface area (Å²) in [5.74, 6) is 0.365. The van der Waals surface area contributed by atoms with Crippen molar-refractivity contribution in [3.05, 3.63) is 82.3 Å². The highest BCUT2D eigenvalue weighted by Crippen LogP contribution is 2.31. The highest BCUT2D eigenvalue weighted by Gasteiger charge is 2.34. The number of benzene rings is 3. The minimum Gasteiger partial charge on any atom is -0.497 e. The predicted octanol–water partition coefficient (Wildman–Crippen LogP) is 6.23. The molecular weight excluding hydrogens is 658 g/mol. The maximum absolute atomic E-state index is 14.4. The summed E-state index contributed by atoms with van der Waals surface area (Å²) in [7, 11) is -1.16. The normalized spacial score (nSPS) is 14.3. The van der Waals surface area contributed by atoms with E-state index in [0.29, 0.717) is 28.1 Å². The van der Waals surface area contributed by atoms with Gasteiger partial charge in [0.05, 0.1) is 29.3 Å². The van der Waals surface area contributed by atoms with Gasteiger partial charge in [0, 0.05) is 12.6 Å². The molecule has 0 aliphatic heterocycles. The second-order valence-electron chi connectivity index (χ2n) is 11.3. The lowest BCUT2D eigenvalue weighted by atomic mass is 9.95. The van der Waals surface area contributed by atoms with Gasteiger partial charge in [0.2, 0.25) is 11.8 Å². The molecule has 0 radical (unpaired) electrons. The Kier molecular flexibility index (Phi) is 11.9. The summed E-state index contributed by atoms with van der Waals surface area (Å²) < 4.78 is 40.7. The zero-order valence-corrected chi connectivity index (χ0v) is 28.7. The lowest BCUT2D eigenvalue weighted by Gasteiger charge is -2.34. The van der Waals surface area contributed by atoms with Crippen LogP contribution >= 0.6 is 15.9 Å². The van der Waals surface area contributed by atoms with Crippen LogP contribution in [0.15, 0.2) is 76.1 Å². The summed E-state index contributed by atoms with van der Waals surface area (Å²) >= 11 is 3.38. The molecule has 1 fully saturated rings. The maximum atomic E-state index is 14.4. The minimum absolute atomic E-state index is 0.00928. The van der Waals surface area contributed by atoms with Gasteiger partial charge in [-0.05, 0) is 90.1 Å². The van der Waals surface area contributed by atoms with Crippen LogP contribution < -0.4 is 19.1 Å². The van der Waals surface area contributed by atoms with E-state index in [2.05, 4.69) is 21.2 Å². The first kappa shape index (κ1) is 34.3. The molecule has 11 heteroatoms. The monoisotopic (exact) mass is 699 g/mol. The first-order valence-electron chi connectivity index (χ1n) is 15.2. The summed E-state index contributed by atoms with van der Waals surface area (Å²) in [5.41, 5.74) is 2.04. The number of aryl methyl sites for hydroxylation is 1. The fourth-order valence-electron chi connectivity index (χ4n) is 5.61. The summed E-state index contributed by atoms with van der Waals surface area (Å²) in [4.78, 5) is 29.6. The predicted molar refractivity (Wildman–Crippen MR) is 179 cm³/mol. The number of halogens is 1. The Hall–Kier alpha value is -3.57. The lowest BCUT2D eigenvalue weighted by Crippen LogP contribution is -2.54. The highest BCUT2D eigenvalue weighted by atomic mass is 79.9. The van der Waals surface area contributed by atoms with Crippen LogP contribution in [-0.2, 0) is 26.2 Å². The molecular formula is C34H42BrN3O6S. The zero-order valence-electron chi connectivity index (χ0n) is 26.3. The van der Waals surface area contributed by atoms with E-state index in [4.69, 9.17) is 9.47 Å². The first-order valence-corrected chi connectivity index (χ1v) is 17.5. The van der Waals surface area contributed by atoms with E-state index in [1.807, 2.05) is 32.0 Å². The number of carbonyl (C=O) groups is 2. The number of carbonyl (C=O) groups excluding carboxylic acids is 2. The van der Waals surface area contributed by atoms with Crippen LogP contribution in [0.3, 0.4) is 0 Å². The molecule has 1 N–H and O–H groups in total. The van der Waals surface area contributed by atoms with Gasteiger partial charge < -0.3 is 19.7 Å². The van der Waals surface area contributed by atoms with Crippen molar-refractivity contribution >= 4 is 43.5 Å². The largest absolute Gasteiger partial charge is 0.497 e. The Morgan fingerprint density at radius 2 is 1.69 bits per heavy atom. The van der Waals surface area contributed by atoms with Gasteiger partial charge in [-0.2, -0.15) is 0 Å². The molecule has 45 heavy (non-hydrogen) atoms. The van der Waals surface area contributed by atoms with Crippen molar-refractivity contribution < 1.29 is 27.5 Å². The standard InChI is InChI=1S/C34H42BrN3O6S/c1-5-31(34(40)36-26-11-7-6-8-12-26)37(22-25-10-9-13-28(20-25)43-3)33(39)23-38(27-16-14-24(2)15-17-27)45(41,42)29-18-19-32(44-4)30(35)21-29/h9-10,13-21,26,31H,5-8,11-12,22-23H2,1-4H3,(H,36,40)/t31-/m1/s1. The molecule has 4 rings (SSSR count). The third-order valence-corrected chi connectivity index (χ3v) is 10.5. The molecule has 0 aromatic heterocycles. The summed E-state index contributed by atoms with van der Waals surface area (Å²) in [6.45, 7) is 3.36. The van der Waals surface area contributed by atoms with E-state index >= 15 is 0 Å². The number of nitrogens with one attached hydrogen (secondary N) is 1. The van der Waals surface area contributed by atoms with Gasteiger partial charge >= 0.3 is 0 Å². The van der Waals surface area contributed by atoms with Crippen molar-refractivity contribution in [3.8, 4) is 11.5 Å². The highest BCUT2D eigenvalue weighted by molar-refractivity contribution is 9.10. The molecule has 0 spiro atoms. The van der Waals surface area contributed by atoms with Crippen molar-refractivity contribution in [1.29, 1.82) is 0 Å². The van der Waals surface area contributed by atoms with E-state index < -0.39 is 28.5 Å². The number of sulfonamides is 1. The van der Waals surface area contributed by atoms with Crippen LogP contribution in [0.4, 0.5) is 5.69 Å². The second-order valence-corrected chi connectivity index (χ2v) is 14.0. The molecule has 0 unspecified atom stereocenters. The smallest absolute Gasteiger partial charge is 0.264 e. The van der Waals surface area contributed by atoms with Gasteiger partial charge in [0.15, 0.2) is 0 Å². The fourth-order valence-corrected chi connectivity index (χ4v) is 7.74. The Morgan fingerprint density at radius 3 is 2.31 bits per heavy atom. The van der Waals surface area contributed by atoms with Gasteiger partial charge in [-0.3, -0.25) is 13.9 Å². The third kappa shape index (κ3) is 8.58. The number of ether oxygens (including phenoxy) is 2. The molecule has 1 atom stereocenters. The van der Waals surface area contributed by atoms with Crippen molar-refractivity contribution in [2.24, 2.45) is 0 Å². The van der Waals surface area contributed by atoms with Gasteiger partial charge in [0.1, 0.15) is 24.1 Å². The van der Waals surface area contributed by atoms with Crippen molar-refractivity contribution in [3.63, 3.8) is 0 Å². The molecule has 3 aromatic rings. The Morgan fingerprint density at radius 1 is 0.978 bits per heavy atom.